The second-order valence-corrected chi connectivity index (χ2v) is 2.87. The summed E-state index contributed by atoms with van der Waals surface area (Å²) in [6.07, 6.45) is 2.31. The van der Waals surface area contributed by atoms with Crippen LogP contribution in [0.2, 0.25) is 0 Å². The molecule has 0 aliphatic heterocycles. The highest BCUT2D eigenvalue weighted by Crippen LogP contribution is 2.05. The first-order valence-electron chi connectivity index (χ1n) is 4.45. The zero-order valence-corrected chi connectivity index (χ0v) is 8.27. The fourth-order valence-electron chi connectivity index (χ4n) is 1.12. The topological polar surface area (TPSA) is 57.0 Å². The summed E-state index contributed by atoms with van der Waals surface area (Å²) < 4.78 is 12.8. The molecule has 0 aliphatic carbocycles. The fourth-order valence-corrected chi connectivity index (χ4v) is 1.12. The lowest BCUT2D eigenvalue weighted by Gasteiger charge is -2.16. The molecule has 0 spiro atoms. The molecule has 1 heterocycles. The van der Waals surface area contributed by atoms with Crippen LogP contribution in [0.25, 0.3) is 0 Å². The number of amides is 1. The third kappa shape index (κ3) is 2.74. The van der Waals surface area contributed by atoms with Gasteiger partial charge in [-0.3, -0.25) is 9.78 Å². The van der Waals surface area contributed by atoms with Crippen molar-refractivity contribution >= 4 is 5.91 Å². The predicted molar refractivity (Wildman–Crippen MR) is 51.4 cm³/mol. The average Bonchev–Trinajstić information content (AvgIpc) is 2.25. The van der Waals surface area contributed by atoms with Crippen LogP contribution in [0.15, 0.2) is 18.5 Å². The van der Waals surface area contributed by atoms with E-state index in [-0.39, 0.29) is 18.0 Å². The van der Waals surface area contributed by atoms with Crippen LogP contribution in [0.3, 0.4) is 0 Å². The number of hydrogen-bond donors (Lipinski definition) is 0. The maximum atomic E-state index is 12.8. The highest BCUT2D eigenvalue weighted by Gasteiger charge is 2.14. The smallest absolute Gasteiger partial charge is 0.256 e. The first kappa shape index (κ1) is 11.1. The molecule has 0 unspecified atom stereocenters. The van der Waals surface area contributed by atoms with Gasteiger partial charge in [-0.25, -0.2) is 4.39 Å². The number of nitrogens with zero attached hydrogens (tertiary/aromatic N) is 3. The molecule has 15 heavy (non-hydrogen) atoms. The lowest BCUT2D eigenvalue weighted by Crippen LogP contribution is -2.31. The van der Waals surface area contributed by atoms with Crippen molar-refractivity contribution in [1.29, 1.82) is 5.26 Å². The van der Waals surface area contributed by atoms with Gasteiger partial charge in [0.1, 0.15) is 12.4 Å². The molecular formula is C10H10FN3O. The second kappa shape index (κ2) is 5.05. The van der Waals surface area contributed by atoms with Gasteiger partial charge in [-0.2, -0.15) is 5.26 Å². The van der Waals surface area contributed by atoms with Crippen LogP contribution in [-0.4, -0.2) is 28.9 Å². The third-order valence-corrected chi connectivity index (χ3v) is 1.88. The first-order chi connectivity index (χ1) is 7.19. The molecule has 1 aromatic rings. The molecule has 0 N–H and O–H groups in total. The number of halogens is 1. The van der Waals surface area contributed by atoms with E-state index < -0.39 is 5.82 Å². The largest absolute Gasteiger partial charge is 0.326 e. The van der Waals surface area contributed by atoms with Crippen molar-refractivity contribution in [2.45, 2.75) is 6.92 Å². The summed E-state index contributed by atoms with van der Waals surface area (Å²) in [5.41, 5.74) is 0.159. The monoisotopic (exact) mass is 207 g/mol. The van der Waals surface area contributed by atoms with Gasteiger partial charge >= 0.3 is 0 Å². The van der Waals surface area contributed by atoms with Crippen LogP contribution in [0, 0.1) is 17.1 Å². The molecule has 0 fully saturated rings. The van der Waals surface area contributed by atoms with E-state index in [1.165, 1.54) is 11.1 Å². The molecule has 0 radical (unpaired) electrons. The van der Waals surface area contributed by atoms with E-state index in [9.17, 15) is 9.18 Å². The Kier molecular flexibility index (Phi) is 3.75. The number of hydrogen-bond acceptors (Lipinski definition) is 3. The molecular weight excluding hydrogens is 197 g/mol. The SMILES string of the molecule is CCN(CC#N)C(=O)c1cncc(F)c1. The second-order valence-electron chi connectivity index (χ2n) is 2.87. The molecule has 0 saturated carbocycles. The van der Waals surface area contributed by atoms with E-state index in [2.05, 4.69) is 4.98 Å². The number of nitriles is 1. The highest BCUT2D eigenvalue weighted by molar-refractivity contribution is 5.94. The summed E-state index contributed by atoms with van der Waals surface area (Å²) in [5, 5.41) is 8.48. The predicted octanol–water partition coefficient (Wildman–Crippen LogP) is 1.21. The van der Waals surface area contributed by atoms with E-state index in [0.29, 0.717) is 6.54 Å². The van der Waals surface area contributed by atoms with Gasteiger partial charge in [-0.1, -0.05) is 0 Å². The minimum atomic E-state index is -0.561. The molecule has 5 heteroatoms. The quantitative estimate of drug-likeness (QED) is 0.700. The summed E-state index contributed by atoms with van der Waals surface area (Å²) in [6.45, 7) is 2.15. The number of pyridine rings is 1. The van der Waals surface area contributed by atoms with Gasteiger partial charge in [0, 0.05) is 12.7 Å². The summed E-state index contributed by atoms with van der Waals surface area (Å²) in [6, 6.07) is 2.98. The summed E-state index contributed by atoms with van der Waals surface area (Å²) in [4.78, 5) is 16.6. The van der Waals surface area contributed by atoms with Crippen molar-refractivity contribution in [2.75, 3.05) is 13.1 Å². The Balaban J connectivity index is 2.88. The fraction of sp³-hybridized carbons (Fsp3) is 0.300. The van der Waals surface area contributed by atoms with E-state index in [1.54, 1.807) is 6.92 Å². The first-order valence-corrected chi connectivity index (χ1v) is 4.45. The standard InChI is InChI=1S/C10H10FN3O/c1-2-14(4-3-12)10(15)8-5-9(11)7-13-6-8/h5-7H,2,4H2,1H3. The van der Waals surface area contributed by atoms with E-state index in [4.69, 9.17) is 5.26 Å². The Morgan fingerprint density at radius 1 is 1.67 bits per heavy atom. The minimum Gasteiger partial charge on any atom is -0.326 e. The van der Waals surface area contributed by atoms with Crippen molar-refractivity contribution in [2.24, 2.45) is 0 Å². The average molecular weight is 207 g/mol. The zero-order chi connectivity index (χ0) is 11.3. The Morgan fingerprint density at radius 2 is 2.40 bits per heavy atom. The summed E-state index contributed by atoms with van der Waals surface area (Å²) >= 11 is 0. The van der Waals surface area contributed by atoms with Crippen LogP contribution in [0.5, 0.6) is 0 Å². The summed E-state index contributed by atoms with van der Waals surface area (Å²) in [7, 11) is 0. The van der Waals surface area contributed by atoms with Gasteiger partial charge in [0.25, 0.3) is 5.91 Å². The molecule has 1 aromatic heterocycles. The van der Waals surface area contributed by atoms with E-state index in [0.717, 1.165) is 12.3 Å². The number of aromatic nitrogens is 1. The van der Waals surface area contributed by atoms with Gasteiger partial charge in [-0.15, -0.1) is 0 Å². The van der Waals surface area contributed by atoms with Crippen molar-refractivity contribution in [1.82, 2.24) is 9.88 Å². The van der Waals surface area contributed by atoms with Crippen LogP contribution < -0.4 is 0 Å². The van der Waals surface area contributed by atoms with Crippen LogP contribution in [-0.2, 0) is 0 Å². The van der Waals surface area contributed by atoms with E-state index >= 15 is 0 Å². The van der Waals surface area contributed by atoms with Gasteiger partial charge in [0.05, 0.1) is 17.8 Å². The molecule has 1 amide bonds. The normalized spacial score (nSPS) is 9.40. The highest BCUT2D eigenvalue weighted by atomic mass is 19.1. The zero-order valence-electron chi connectivity index (χ0n) is 8.27. The van der Waals surface area contributed by atoms with Crippen LogP contribution >= 0.6 is 0 Å². The molecule has 4 nitrogen and oxygen atoms in total. The molecule has 1 rings (SSSR count). The molecule has 0 atom stereocenters. The molecule has 0 aromatic carbocycles. The van der Waals surface area contributed by atoms with Crippen molar-refractivity contribution in [3.8, 4) is 6.07 Å². The third-order valence-electron chi connectivity index (χ3n) is 1.88. The summed E-state index contributed by atoms with van der Waals surface area (Å²) in [5.74, 6) is -0.945. The Labute approximate surface area is 87.0 Å². The van der Waals surface area contributed by atoms with Crippen molar-refractivity contribution < 1.29 is 9.18 Å². The van der Waals surface area contributed by atoms with Gasteiger partial charge in [-0.05, 0) is 13.0 Å². The number of rotatable bonds is 3. The Bertz CT molecular complexity index is 400. The number of carbonyl (C=O) groups is 1. The Hall–Kier alpha value is -1.96. The molecule has 0 aliphatic rings. The lowest BCUT2D eigenvalue weighted by molar-refractivity contribution is 0.0783. The van der Waals surface area contributed by atoms with Crippen LogP contribution in [0.1, 0.15) is 17.3 Å². The molecule has 0 saturated heterocycles. The maximum Gasteiger partial charge on any atom is 0.256 e. The van der Waals surface area contributed by atoms with Gasteiger partial charge < -0.3 is 4.90 Å². The van der Waals surface area contributed by atoms with Crippen LogP contribution in [0.4, 0.5) is 4.39 Å². The number of carbonyl (C=O) groups excluding carboxylic acids is 1. The Morgan fingerprint density at radius 3 is 2.93 bits per heavy atom. The maximum absolute atomic E-state index is 12.8. The molecule has 78 valence electrons. The van der Waals surface area contributed by atoms with Crippen molar-refractivity contribution in [3.63, 3.8) is 0 Å². The van der Waals surface area contributed by atoms with Gasteiger partial charge in [0.2, 0.25) is 0 Å². The lowest BCUT2D eigenvalue weighted by atomic mass is 10.2. The van der Waals surface area contributed by atoms with Gasteiger partial charge in [0.15, 0.2) is 0 Å². The molecule has 0 bridgehead atoms. The van der Waals surface area contributed by atoms with Crippen molar-refractivity contribution in [3.05, 3.63) is 29.8 Å². The minimum absolute atomic E-state index is 0.00809. The van der Waals surface area contributed by atoms with E-state index in [1.807, 2.05) is 6.07 Å².